The molecule has 6 nitrogen and oxygen atoms in total. The summed E-state index contributed by atoms with van der Waals surface area (Å²) < 4.78 is 0. The molecule has 0 spiro atoms. The van der Waals surface area contributed by atoms with Crippen LogP contribution in [-0.4, -0.2) is 21.7 Å². The first-order valence-corrected chi connectivity index (χ1v) is 8.51. The number of nitrogens with zero attached hydrogens (tertiary/aromatic N) is 2. The Morgan fingerprint density at radius 2 is 1.74 bits per heavy atom. The van der Waals surface area contributed by atoms with Crippen LogP contribution in [0.2, 0.25) is 0 Å². The van der Waals surface area contributed by atoms with Crippen LogP contribution in [0, 0.1) is 13.8 Å². The van der Waals surface area contributed by atoms with E-state index in [0.29, 0.717) is 17.1 Å². The van der Waals surface area contributed by atoms with Gasteiger partial charge in [-0.2, -0.15) is 0 Å². The lowest BCUT2D eigenvalue weighted by atomic mass is 10.1. The van der Waals surface area contributed by atoms with Crippen molar-refractivity contribution in [3.63, 3.8) is 0 Å². The molecular weight excluding hydrogens is 340 g/mol. The molecule has 2 N–H and O–H groups in total. The van der Waals surface area contributed by atoms with Crippen molar-refractivity contribution in [3.05, 3.63) is 77.2 Å². The van der Waals surface area contributed by atoms with Gasteiger partial charge in [0.25, 0.3) is 5.91 Å². The second kappa shape index (κ2) is 7.78. The predicted molar refractivity (Wildman–Crippen MR) is 106 cm³/mol. The van der Waals surface area contributed by atoms with Crippen LogP contribution in [0.5, 0.6) is 0 Å². The zero-order valence-electron chi connectivity index (χ0n) is 15.4. The van der Waals surface area contributed by atoms with Crippen molar-refractivity contribution in [2.45, 2.75) is 20.8 Å². The van der Waals surface area contributed by atoms with E-state index < -0.39 is 0 Å². The van der Waals surface area contributed by atoms with Crippen molar-refractivity contribution >= 4 is 28.9 Å². The van der Waals surface area contributed by atoms with E-state index in [9.17, 15) is 9.59 Å². The van der Waals surface area contributed by atoms with Gasteiger partial charge < -0.3 is 10.6 Å². The molecule has 3 rings (SSSR count). The monoisotopic (exact) mass is 360 g/mol. The average molecular weight is 360 g/mol. The van der Waals surface area contributed by atoms with Crippen LogP contribution in [0.25, 0.3) is 0 Å². The lowest BCUT2D eigenvalue weighted by molar-refractivity contribution is 0.100. The topological polar surface area (TPSA) is 84.0 Å². The highest BCUT2D eigenvalue weighted by Gasteiger charge is 2.11. The lowest BCUT2D eigenvalue weighted by Crippen LogP contribution is -2.14. The molecule has 0 saturated heterocycles. The van der Waals surface area contributed by atoms with Crippen molar-refractivity contribution in [3.8, 4) is 0 Å². The minimum Gasteiger partial charge on any atom is -0.340 e. The summed E-state index contributed by atoms with van der Waals surface area (Å²) in [6, 6.07) is 14.3. The van der Waals surface area contributed by atoms with Crippen LogP contribution in [-0.2, 0) is 0 Å². The van der Waals surface area contributed by atoms with E-state index in [1.807, 2.05) is 32.0 Å². The van der Waals surface area contributed by atoms with Crippen LogP contribution in [0.3, 0.4) is 0 Å². The Hall–Kier alpha value is -3.54. The molecule has 2 aromatic carbocycles. The average Bonchev–Trinajstić information content (AvgIpc) is 2.66. The van der Waals surface area contributed by atoms with Crippen LogP contribution < -0.4 is 10.6 Å². The van der Waals surface area contributed by atoms with E-state index in [1.54, 1.807) is 30.3 Å². The fourth-order valence-corrected chi connectivity index (χ4v) is 2.59. The van der Waals surface area contributed by atoms with Gasteiger partial charge in [0.2, 0.25) is 0 Å². The molecule has 0 bridgehead atoms. The van der Waals surface area contributed by atoms with Gasteiger partial charge in [-0.3, -0.25) is 9.59 Å². The van der Waals surface area contributed by atoms with Crippen molar-refractivity contribution in [1.82, 2.24) is 9.97 Å². The molecule has 0 saturated carbocycles. The zero-order valence-corrected chi connectivity index (χ0v) is 15.4. The number of aromatic nitrogens is 2. The van der Waals surface area contributed by atoms with Gasteiger partial charge in [-0.25, -0.2) is 9.97 Å². The van der Waals surface area contributed by atoms with Crippen molar-refractivity contribution in [2.75, 3.05) is 10.6 Å². The number of benzene rings is 2. The van der Waals surface area contributed by atoms with Gasteiger partial charge in [0.15, 0.2) is 5.78 Å². The molecule has 0 aliphatic carbocycles. The maximum atomic E-state index is 12.5. The number of anilines is 3. The summed E-state index contributed by atoms with van der Waals surface area (Å²) in [7, 11) is 0. The maximum absolute atomic E-state index is 12.5. The molecule has 3 aromatic rings. The van der Waals surface area contributed by atoms with E-state index in [4.69, 9.17) is 0 Å². The normalized spacial score (nSPS) is 10.3. The Morgan fingerprint density at radius 1 is 0.963 bits per heavy atom. The van der Waals surface area contributed by atoms with E-state index in [1.165, 1.54) is 13.3 Å². The summed E-state index contributed by atoms with van der Waals surface area (Å²) in [6.07, 6.45) is 1.34. The Bertz CT molecular complexity index is 1010. The van der Waals surface area contributed by atoms with Gasteiger partial charge in [-0.15, -0.1) is 0 Å². The summed E-state index contributed by atoms with van der Waals surface area (Å²) in [5.41, 5.74) is 4.50. The number of hydrogen-bond donors (Lipinski definition) is 2. The largest absolute Gasteiger partial charge is 0.340 e. The minimum atomic E-state index is -0.373. The molecule has 0 aliphatic heterocycles. The van der Waals surface area contributed by atoms with Crippen LogP contribution >= 0.6 is 0 Å². The third-order valence-corrected chi connectivity index (χ3v) is 4.29. The smallest absolute Gasteiger partial charge is 0.274 e. The molecule has 0 fully saturated rings. The highest BCUT2D eigenvalue weighted by atomic mass is 16.2. The van der Waals surface area contributed by atoms with Gasteiger partial charge in [0, 0.05) is 23.0 Å². The van der Waals surface area contributed by atoms with Crippen molar-refractivity contribution in [2.24, 2.45) is 0 Å². The molecule has 1 aromatic heterocycles. The first-order valence-electron chi connectivity index (χ1n) is 8.51. The van der Waals surface area contributed by atoms with Gasteiger partial charge >= 0.3 is 0 Å². The fraction of sp³-hybridized carbons (Fsp3) is 0.143. The van der Waals surface area contributed by atoms with E-state index >= 15 is 0 Å². The Labute approximate surface area is 157 Å². The second-order valence-corrected chi connectivity index (χ2v) is 6.25. The fourth-order valence-electron chi connectivity index (χ4n) is 2.59. The van der Waals surface area contributed by atoms with Crippen molar-refractivity contribution < 1.29 is 9.59 Å². The lowest BCUT2D eigenvalue weighted by Gasteiger charge is -2.11. The summed E-state index contributed by atoms with van der Waals surface area (Å²) in [4.78, 5) is 32.2. The third-order valence-electron chi connectivity index (χ3n) is 4.29. The third kappa shape index (κ3) is 4.36. The number of aryl methyl sites for hydroxylation is 1. The van der Waals surface area contributed by atoms with E-state index in [0.717, 1.165) is 16.8 Å². The van der Waals surface area contributed by atoms with Crippen LogP contribution in [0.1, 0.15) is 38.9 Å². The van der Waals surface area contributed by atoms with Gasteiger partial charge in [-0.05, 0) is 50.1 Å². The van der Waals surface area contributed by atoms with Crippen LogP contribution in [0.4, 0.5) is 17.2 Å². The Kier molecular flexibility index (Phi) is 5.26. The number of Topliss-reactive ketones (excluding diaryl/α,β-unsaturated/α-hetero) is 1. The molecule has 0 radical (unpaired) electrons. The number of carbonyl (C=O) groups is 2. The number of nitrogens with one attached hydrogen (secondary N) is 2. The molecule has 0 atom stereocenters. The van der Waals surface area contributed by atoms with E-state index in [-0.39, 0.29) is 17.4 Å². The highest BCUT2D eigenvalue weighted by molar-refractivity contribution is 6.04. The SMILES string of the molecule is CC(=O)c1cccc(NC(=O)c2cc(Nc3cccc(C)c3C)ncn2)c1. The Morgan fingerprint density at radius 3 is 2.52 bits per heavy atom. The summed E-state index contributed by atoms with van der Waals surface area (Å²) in [5.74, 6) is 0.0941. The molecule has 1 amide bonds. The zero-order chi connectivity index (χ0) is 19.4. The Balaban J connectivity index is 1.78. The van der Waals surface area contributed by atoms with E-state index in [2.05, 4.69) is 20.6 Å². The number of rotatable bonds is 5. The quantitative estimate of drug-likeness (QED) is 0.663. The van der Waals surface area contributed by atoms with Crippen molar-refractivity contribution in [1.29, 1.82) is 0 Å². The second-order valence-electron chi connectivity index (χ2n) is 6.25. The summed E-state index contributed by atoms with van der Waals surface area (Å²) >= 11 is 0. The molecule has 27 heavy (non-hydrogen) atoms. The predicted octanol–water partition coefficient (Wildman–Crippen LogP) is 4.29. The molecule has 136 valence electrons. The van der Waals surface area contributed by atoms with Gasteiger partial charge in [-0.1, -0.05) is 24.3 Å². The number of ketones is 1. The molecular formula is C21H20N4O2. The molecule has 0 aliphatic rings. The number of amides is 1. The highest BCUT2D eigenvalue weighted by Crippen LogP contribution is 2.22. The minimum absolute atomic E-state index is 0.0619. The molecule has 0 unspecified atom stereocenters. The maximum Gasteiger partial charge on any atom is 0.274 e. The first kappa shape index (κ1) is 18.3. The standard InChI is InChI=1S/C21H20N4O2/c1-13-6-4-9-18(14(13)2)25-20-11-19(22-12-23-20)21(27)24-17-8-5-7-16(10-17)15(3)26/h4-12H,1-3H3,(H,24,27)(H,22,23,25). The van der Waals surface area contributed by atoms with Crippen LogP contribution in [0.15, 0.2) is 54.9 Å². The number of hydrogen-bond acceptors (Lipinski definition) is 5. The number of carbonyl (C=O) groups excluding carboxylic acids is 2. The van der Waals surface area contributed by atoms with Gasteiger partial charge in [0.05, 0.1) is 0 Å². The summed E-state index contributed by atoms with van der Waals surface area (Å²) in [6.45, 7) is 5.54. The van der Waals surface area contributed by atoms with Gasteiger partial charge in [0.1, 0.15) is 17.8 Å². The molecule has 1 heterocycles. The molecule has 6 heteroatoms. The summed E-state index contributed by atoms with van der Waals surface area (Å²) in [5, 5.41) is 5.98. The first-order chi connectivity index (χ1) is 12.9.